The number of nitrogens with one attached hydrogen (secondary N) is 2. The molecule has 0 atom stereocenters. The molecule has 0 aliphatic heterocycles. The van der Waals surface area contributed by atoms with Crippen molar-refractivity contribution in [2.75, 3.05) is 11.1 Å². The number of amides is 1. The Hall–Kier alpha value is -1.82. The number of anilines is 1. The number of rotatable bonds is 7. The summed E-state index contributed by atoms with van der Waals surface area (Å²) in [4.78, 5) is 16.5. The molecule has 5 nitrogen and oxygen atoms in total. The van der Waals surface area contributed by atoms with E-state index in [0.29, 0.717) is 10.9 Å². The standard InChI is InChI=1S/C16H22N4OS/c1-4-11-8-7-9-12(5-2)15(11)18-14(21)10-22-16-17-13(6-3)19-20-16/h7-9H,4-6,10H2,1-3H3,(H,18,21)(H,17,19,20). The topological polar surface area (TPSA) is 70.7 Å². The van der Waals surface area contributed by atoms with Crippen LogP contribution < -0.4 is 5.32 Å². The summed E-state index contributed by atoms with van der Waals surface area (Å²) in [6.07, 6.45) is 2.61. The van der Waals surface area contributed by atoms with Gasteiger partial charge in [0, 0.05) is 12.1 Å². The molecule has 0 saturated carbocycles. The lowest BCUT2D eigenvalue weighted by atomic mass is 10.0. The van der Waals surface area contributed by atoms with Crippen LogP contribution in [0.2, 0.25) is 0 Å². The maximum atomic E-state index is 12.2. The Morgan fingerprint density at radius 1 is 1.18 bits per heavy atom. The molecule has 1 aromatic carbocycles. The molecule has 1 heterocycles. The molecule has 118 valence electrons. The van der Waals surface area contributed by atoms with Gasteiger partial charge in [-0.15, -0.1) is 5.10 Å². The number of hydrogen-bond donors (Lipinski definition) is 2. The fourth-order valence-corrected chi connectivity index (χ4v) is 2.83. The van der Waals surface area contributed by atoms with Crippen molar-refractivity contribution in [3.05, 3.63) is 35.2 Å². The summed E-state index contributed by atoms with van der Waals surface area (Å²) in [5, 5.41) is 10.6. The SMILES string of the molecule is CCc1nc(SCC(=O)Nc2c(CC)cccc2CC)n[nH]1. The molecule has 0 bridgehead atoms. The predicted molar refractivity (Wildman–Crippen MR) is 90.3 cm³/mol. The first-order valence-corrected chi connectivity index (χ1v) is 8.61. The first kappa shape index (κ1) is 16.5. The van der Waals surface area contributed by atoms with Crippen LogP contribution in [-0.2, 0) is 24.1 Å². The molecule has 2 N–H and O–H groups in total. The van der Waals surface area contributed by atoms with Crippen molar-refractivity contribution in [1.29, 1.82) is 0 Å². The lowest BCUT2D eigenvalue weighted by molar-refractivity contribution is -0.113. The zero-order valence-corrected chi connectivity index (χ0v) is 14.1. The van der Waals surface area contributed by atoms with E-state index >= 15 is 0 Å². The molecule has 0 saturated heterocycles. The number of aromatic nitrogens is 3. The molecule has 2 rings (SSSR count). The van der Waals surface area contributed by atoms with E-state index in [1.807, 2.05) is 13.0 Å². The van der Waals surface area contributed by atoms with Crippen molar-refractivity contribution in [1.82, 2.24) is 15.2 Å². The summed E-state index contributed by atoms with van der Waals surface area (Å²) in [5.74, 6) is 1.12. The van der Waals surface area contributed by atoms with Crippen LogP contribution in [0.1, 0.15) is 37.7 Å². The molecule has 0 radical (unpaired) electrons. The summed E-state index contributed by atoms with van der Waals surface area (Å²) in [6.45, 7) is 6.20. The maximum absolute atomic E-state index is 12.2. The number of nitrogens with zero attached hydrogens (tertiary/aromatic N) is 2. The normalized spacial score (nSPS) is 10.7. The molecule has 1 aromatic heterocycles. The lowest BCUT2D eigenvalue weighted by Crippen LogP contribution is -2.16. The van der Waals surface area contributed by atoms with Crippen LogP contribution in [-0.4, -0.2) is 26.8 Å². The quantitative estimate of drug-likeness (QED) is 0.769. The van der Waals surface area contributed by atoms with Crippen LogP contribution in [0.15, 0.2) is 23.4 Å². The van der Waals surface area contributed by atoms with E-state index in [0.717, 1.165) is 30.8 Å². The number of aromatic amines is 1. The molecular formula is C16H22N4OS. The van der Waals surface area contributed by atoms with Crippen molar-refractivity contribution in [3.63, 3.8) is 0 Å². The van der Waals surface area contributed by atoms with Crippen LogP contribution in [0.25, 0.3) is 0 Å². The highest BCUT2D eigenvalue weighted by Gasteiger charge is 2.11. The van der Waals surface area contributed by atoms with Gasteiger partial charge >= 0.3 is 0 Å². The minimum Gasteiger partial charge on any atom is -0.325 e. The summed E-state index contributed by atoms with van der Waals surface area (Å²) >= 11 is 1.35. The molecule has 2 aromatic rings. The minimum atomic E-state index is -0.0246. The average molecular weight is 318 g/mol. The van der Waals surface area contributed by atoms with Gasteiger partial charge in [0.05, 0.1) is 5.75 Å². The number of thioether (sulfide) groups is 1. The number of carbonyl (C=O) groups excluding carboxylic acids is 1. The molecule has 1 amide bonds. The summed E-state index contributed by atoms with van der Waals surface area (Å²) in [5.41, 5.74) is 3.30. The predicted octanol–water partition coefficient (Wildman–Crippen LogP) is 3.22. The van der Waals surface area contributed by atoms with Crippen molar-refractivity contribution in [3.8, 4) is 0 Å². The van der Waals surface area contributed by atoms with Gasteiger partial charge in [-0.3, -0.25) is 9.89 Å². The van der Waals surface area contributed by atoms with E-state index in [9.17, 15) is 4.79 Å². The molecule has 0 spiro atoms. The summed E-state index contributed by atoms with van der Waals surface area (Å²) in [7, 11) is 0. The van der Waals surface area contributed by atoms with Crippen LogP contribution in [0.4, 0.5) is 5.69 Å². The largest absolute Gasteiger partial charge is 0.325 e. The Labute approximate surface area is 135 Å². The van der Waals surface area contributed by atoms with Crippen molar-refractivity contribution >= 4 is 23.4 Å². The Kier molecular flexibility index (Phi) is 6.00. The van der Waals surface area contributed by atoms with Gasteiger partial charge in [-0.05, 0) is 24.0 Å². The van der Waals surface area contributed by atoms with Gasteiger partial charge in [0.2, 0.25) is 11.1 Å². The van der Waals surface area contributed by atoms with Gasteiger partial charge in [-0.1, -0.05) is 50.7 Å². The minimum absolute atomic E-state index is 0.0246. The number of hydrogen-bond acceptors (Lipinski definition) is 4. The Morgan fingerprint density at radius 3 is 2.41 bits per heavy atom. The molecule has 0 aliphatic carbocycles. The second-order valence-electron chi connectivity index (χ2n) is 4.91. The van der Waals surface area contributed by atoms with Gasteiger partial charge < -0.3 is 5.32 Å². The molecule has 6 heteroatoms. The smallest absolute Gasteiger partial charge is 0.234 e. The second kappa shape index (κ2) is 7.98. The fourth-order valence-electron chi connectivity index (χ4n) is 2.21. The Bertz CT molecular complexity index is 617. The summed E-state index contributed by atoms with van der Waals surface area (Å²) < 4.78 is 0. The first-order valence-electron chi connectivity index (χ1n) is 7.62. The third-order valence-electron chi connectivity index (χ3n) is 3.44. The van der Waals surface area contributed by atoms with Crippen molar-refractivity contribution < 1.29 is 4.79 Å². The van der Waals surface area contributed by atoms with Gasteiger partial charge in [0.15, 0.2) is 0 Å². The van der Waals surface area contributed by atoms with E-state index < -0.39 is 0 Å². The van der Waals surface area contributed by atoms with E-state index in [-0.39, 0.29) is 5.91 Å². The molecule has 0 fully saturated rings. The number of carbonyl (C=O) groups is 1. The van der Waals surface area contributed by atoms with E-state index in [1.165, 1.54) is 22.9 Å². The Morgan fingerprint density at radius 2 is 1.86 bits per heavy atom. The first-order chi connectivity index (χ1) is 10.7. The number of H-pyrrole nitrogens is 1. The molecular weight excluding hydrogens is 296 g/mol. The van der Waals surface area contributed by atoms with E-state index in [2.05, 4.69) is 46.5 Å². The average Bonchev–Trinajstić information content (AvgIpc) is 3.01. The summed E-state index contributed by atoms with van der Waals surface area (Å²) in [6, 6.07) is 6.16. The van der Waals surface area contributed by atoms with E-state index in [4.69, 9.17) is 0 Å². The van der Waals surface area contributed by atoms with Crippen LogP contribution >= 0.6 is 11.8 Å². The molecule has 22 heavy (non-hydrogen) atoms. The third-order valence-corrected chi connectivity index (χ3v) is 4.29. The third kappa shape index (κ3) is 4.10. The molecule has 0 aliphatic rings. The zero-order valence-electron chi connectivity index (χ0n) is 13.3. The van der Waals surface area contributed by atoms with Crippen molar-refractivity contribution in [2.45, 2.75) is 45.2 Å². The number of para-hydroxylation sites is 1. The lowest BCUT2D eigenvalue weighted by Gasteiger charge is -2.14. The van der Waals surface area contributed by atoms with Gasteiger partial charge in [-0.25, -0.2) is 4.98 Å². The maximum Gasteiger partial charge on any atom is 0.234 e. The van der Waals surface area contributed by atoms with Gasteiger partial charge in [0.25, 0.3) is 0 Å². The van der Waals surface area contributed by atoms with Crippen LogP contribution in [0.5, 0.6) is 0 Å². The van der Waals surface area contributed by atoms with Gasteiger partial charge in [-0.2, -0.15) is 0 Å². The fraction of sp³-hybridized carbons (Fsp3) is 0.438. The second-order valence-corrected chi connectivity index (χ2v) is 5.86. The molecule has 0 unspecified atom stereocenters. The highest BCUT2D eigenvalue weighted by atomic mass is 32.2. The Balaban J connectivity index is 2.00. The highest BCUT2D eigenvalue weighted by Crippen LogP contribution is 2.23. The highest BCUT2D eigenvalue weighted by molar-refractivity contribution is 7.99. The number of aryl methyl sites for hydroxylation is 3. The monoisotopic (exact) mass is 318 g/mol. The number of benzene rings is 1. The van der Waals surface area contributed by atoms with Crippen LogP contribution in [0, 0.1) is 0 Å². The van der Waals surface area contributed by atoms with Gasteiger partial charge in [0.1, 0.15) is 5.82 Å². The zero-order chi connectivity index (χ0) is 15.9. The van der Waals surface area contributed by atoms with Crippen LogP contribution in [0.3, 0.4) is 0 Å². The van der Waals surface area contributed by atoms with E-state index in [1.54, 1.807) is 0 Å². The van der Waals surface area contributed by atoms with Crippen molar-refractivity contribution in [2.24, 2.45) is 0 Å².